The molecule has 4 rings (SSSR count). The van der Waals surface area contributed by atoms with Crippen LogP contribution in [0.15, 0.2) is 23.6 Å². The number of aryl methyl sites for hydroxylation is 1. The van der Waals surface area contributed by atoms with Gasteiger partial charge in [-0.3, -0.25) is 4.79 Å². The first-order chi connectivity index (χ1) is 14.4. The van der Waals surface area contributed by atoms with Crippen molar-refractivity contribution in [3.8, 4) is 22.2 Å². The van der Waals surface area contributed by atoms with Crippen molar-refractivity contribution in [1.82, 2.24) is 15.3 Å². The molecule has 1 aliphatic heterocycles. The highest BCUT2D eigenvalue weighted by Crippen LogP contribution is 2.37. The van der Waals surface area contributed by atoms with Crippen LogP contribution in [0.3, 0.4) is 0 Å². The second-order valence-electron chi connectivity index (χ2n) is 7.87. The van der Waals surface area contributed by atoms with E-state index < -0.39 is 0 Å². The summed E-state index contributed by atoms with van der Waals surface area (Å²) in [6, 6.07) is 5.46. The molecule has 3 aromatic rings. The number of nitrogens with one attached hydrogen (secondary N) is 1. The lowest BCUT2D eigenvalue weighted by Crippen LogP contribution is -2.36. The Morgan fingerprint density at radius 1 is 1.30 bits per heavy atom. The van der Waals surface area contributed by atoms with Gasteiger partial charge in [0.2, 0.25) is 5.91 Å². The van der Waals surface area contributed by atoms with Gasteiger partial charge in [-0.25, -0.2) is 9.97 Å². The van der Waals surface area contributed by atoms with Gasteiger partial charge in [0.15, 0.2) is 0 Å². The highest BCUT2D eigenvalue weighted by atomic mass is 32.1. The lowest BCUT2D eigenvalue weighted by atomic mass is 10.1. The highest BCUT2D eigenvalue weighted by Gasteiger charge is 2.30. The Labute approximate surface area is 179 Å². The number of nitrogens with two attached hydrogens (primary N) is 1. The van der Waals surface area contributed by atoms with Crippen molar-refractivity contribution in [2.24, 2.45) is 5.73 Å². The van der Waals surface area contributed by atoms with E-state index in [1.165, 1.54) is 0 Å². The van der Waals surface area contributed by atoms with Gasteiger partial charge >= 0.3 is 0 Å². The Morgan fingerprint density at radius 3 is 2.73 bits per heavy atom. The fraction of sp³-hybridized carbons (Fsp3) is 0.409. The quantitative estimate of drug-likeness (QED) is 0.627. The molecule has 7 nitrogen and oxygen atoms in total. The Kier molecular flexibility index (Phi) is 5.62. The predicted molar refractivity (Wildman–Crippen MR) is 118 cm³/mol. The standard InChI is InChI=1S/C22H26N4O3S/c1-11(2)17-10-30-22(26-17)16-8-19(29-13-7-15(21(23)27)24-9-13)14-5-6-18(28-4)12(3)20(14)25-16/h5-6,8,10-11,13,15,24H,7,9H2,1-4H3,(H2,23,27)/t13-,15+/m1/s1. The lowest BCUT2D eigenvalue weighted by molar-refractivity contribution is -0.119. The first-order valence-corrected chi connectivity index (χ1v) is 10.9. The lowest BCUT2D eigenvalue weighted by Gasteiger charge is -2.17. The topological polar surface area (TPSA) is 99.4 Å². The van der Waals surface area contributed by atoms with E-state index in [0.29, 0.717) is 18.9 Å². The Morgan fingerprint density at radius 2 is 2.10 bits per heavy atom. The summed E-state index contributed by atoms with van der Waals surface area (Å²) in [6.45, 7) is 6.80. The zero-order chi connectivity index (χ0) is 21.4. The molecule has 3 heterocycles. The molecule has 2 atom stereocenters. The van der Waals surface area contributed by atoms with Crippen LogP contribution < -0.4 is 20.5 Å². The molecule has 8 heteroatoms. The number of benzene rings is 1. The summed E-state index contributed by atoms with van der Waals surface area (Å²) < 4.78 is 11.8. The minimum Gasteiger partial charge on any atom is -0.496 e. The van der Waals surface area contributed by atoms with Gasteiger partial charge in [0.25, 0.3) is 0 Å². The summed E-state index contributed by atoms with van der Waals surface area (Å²) in [7, 11) is 1.65. The van der Waals surface area contributed by atoms with Crippen LogP contribution in [-0.4, -0.2) is 41.7 Å². The highest BCUT2D eigenvalue weighted by molar-refractivity contribution is 7.13. The molecule has 0 aliphatic carbocycles. The Bertz CT molecular complexity index is 1100. The molecule has 0 bridgehead atoms. The van der Waals surface area contributed by atoms with Crippen molar-refractivity contribution in [3.05, 3.63) is 34.8 Å². The average molecular weight is 427 g/mol. The number of rotatable bonds is 6. The van der Waals surface area contributed by atoms with Crippen LogP contribution in [0.25, 0.3) is 21.6 Å². The molecule has 0 radical (unpaired) electrons. The number of pyridine rings is 1. The van der Waals surface area contributed by atoms with Gasteiger partial charge in [0, 0.05) is 35.4 Å². The molecule has 2 aromatic heterocycles. The summed E-state index contributed by atoms with van der Waals surface area (Å²) in [6.07, 6.45) is 0.393. The van der Waals surface area contributed by atoms with E-state index in [9.17, 15) is 4.79 Å². The van der Waals surface area contributed by atoms with Crippen molar-refractivity contribution >= 4 is 28.1 Å². The van der Waals surface area contributed by atoms with Crippen LogP contribution in [-0.2, 0) is 4.79 Å². The minimum atomic E-state index is -0.364. The van der Waals surface area contributed by atoms with Gasteiger partial charge in [-0.1, -0.05) is 13.8 Å². The molecule has 0 spiro atoms. The van der Waals surface area contributed by atoms with Crippen LogP contribution in [0.2, 0.25) is 0 Å². The summed E-state index contributed by atoms with van der Waals surface area (Å²) in [5.41, 5.74) is 9.01. The molecule has 1 fully saturated rings. The van der Waals surface area contributed by atoms with Crippen LogP contribution in [0, 0.1) is 6.92 Å². The molecule has 1 saturated heterocycles. The van der Waals surface area contributed by atoms with Gasteiger partial charge in [0.05, 0.1) is 24.4 Å². The first kappa shape index (κ1) is 20.6. The molecule has 1 aromatic carbocycles. The van der Waals surface area contributed by atoms with E-state index in [4.69, 9.17) is 25.2 Å². The number of methoxy groups -OCH3 is 1. The number of thiazole rings is 1. The average Bonchev–Trinajstić information content (AvgIpc) is 3.38. The van der Waals surface area contributed by atoms with Crippen molar-refractivity contribution in [1.29, 1.82) is 0 Å². The minimum absolute atomic E-state index is 0.147. The maximum absolute atomic E-state index is 11.5. The predicted octanol–water partition coefficient (Wildman–Crippen LogP) is 3.39. The number of carbonyl (C=O) groups excluding carboxylic acids is 1. The van der Waals surface area contributed by atoms with E-state index >= 15 is 0 Å². The van der Waals surface area contributed by atoms with E-state index in [2.05, 4.69) is 24.5 Å². The number of ether oxygens (including phenoxy) is 2. The number of hydrogen-bond donors (Lipinski definition) is 2. The van der Waals surface area contributed by atoms with Gasteiger partial charge in [-0.05, 0) is 25.0 Å². The molecule has 158 valence electrons. The number of carbonyl (C=O) groups is 1. The van der Waals surface area contributed by atoms with Crippen LogP contribution in [0.1, 0.15) is 37.4 Å². The van der Waals surface area contributed by atoms with Gasteiger partial charge in [-0.15, -0.1) is 11.3 Å². The molecule has 0 saturated carbocycles. The first-order valence-electron chi connectivity index (χ1n) is 10.0. The fourth-order valence-corrected chi connectivity index (χ4v) is 4.61. The largest absolute Gasteiger partial charge is 0.496 e. The van der Waals surface area contributed by atoms with Crippen molar-refractivity contribution in [3.63, 3.8) is 0 Å². The number of amides is 1. The van der Waals surface area contributed by atoms with Crippen molar-refractivity contribution in [2.45, 2.75) is 45.3 Å². The Hall–Kier alpha value is -2.71. The molecular weight excluding hydrogens is 400 g/mol. The third kappa shape index (κ3) is 3.85. The maximum atomic E-state index is 11.5. The normalized spacial score (nSPS) is 18.8. The van der Waals surface area contributed by atoms with E-state index in [0.717, 1.165) is 44.4 Å². The van der Waals surface area contributed by atoms with E-state index in [1.54, 1.807) is 18.4 Å². The number of hydrogen-bond acceptors (Lipinski definition) is 7. The second kappa shape index (κ2) is 8.20. The van der Waals surface area contributed by atoms with Crippen LogP contribution in [0.5, 0.6) is 11.5 Å². The zero-order valence-electron chi connectivity index (χ0n) is 17.6. The van der Waals surface area contributed by atoms with Gasteiger partial charge in [0.1, 0.15) is 28.3 Å². The molecule has 3 N–H and O–H groups in total. The SMILES string of the molecule is COc1ccc2c(O[C@H]3CN[C@H](C(N)=O)C3)cc(-c3nc(C(C)C)cs3)nc2c1C. The molecule has 1 aliphatic rings. The fourth-order valence-electron chi connectivity index (χ4n) is 3.67. The molecule has 1 amide bonds. The zero-order valence-corrected chi connectivity index (χ0v) is 18.4. The number of primary amides is 1. The third-order valence-electron chi connectivity index (χ3n) is 5.43. The maximum Gasteiger partial charge on any atom is 0.234 e. The number of fused-ring (bicyclic) bond motifs is 1. The summed E-state index contributed by atoms with van der Waals surface area (Å²) in [5.74, 6) is 1.49. The Balaban J connectivity index is 1.79. The van der Waals surface area contributed by atoms with Gasteiger partial charge < -0.3 is 20.5 Å². The second-order valence-corrected chi connectivity index (χ2v) is 8.72. The summed E-state index contributed by atoms with van der Waals surface area (Å²) >= 11 is 1.58. The smallest absolute Gasteiger partial charge is 0.234 e. The molecule has 30 heavy (non-hydrogen) atoms. The van der Waals surface area contributed by atoms with Crippen molar-refractivity contribution in [2.75, 3.05) is 13.7 Å². The van der Waals surface area contributed by atoms with Gasteiger partial charge in [-0.2, -0.15) is 0 Å². The molecule has 0 unspecified atom stereocenters. The number of aromatic nitrogens is 2. The van der Waals surface area contributed by atoms with Crippen LogP contribution >= 0.6 is 11.3 Å². The van der Waals surface area contributed by atoms with Crippen molar-refractivity contribution < 1.29 is 14.3 Å². The van der Waals surface area contributed by atoms with Crippen LogP contribution in [0.4, 0.5) is 0 Å². The number of nitrogens with zero attached hydrogens (tertiary/aromatic N) is 2. The van der Waals surface area contributed by atoms with E-state index in [-0.39, 0.29) is 18.1 Å². The van der Waals surface area contributed by atoms with E-state index in [1.807, 2.05) is 25.1 Å². The summed E-state index contributed by atoms with van der Waals surface area (Å²) in [4.78, 5) is 21.2. The molecular formula is C22H26N4O3S. The summed E-state index contributed by atoms with van der Waals surface area (Å²) in [5, 5.41) is 6.95. The monoisotopic (exact) mass is 426 g/mol. The third-order valence-corrected chi connectivity index (χ3v) is 6.31.